The molecule has 3 aliphatic carbocycles. The van der Waals surface area contributed by atoms with Crippen LogP contribution in [0.1, 0.15) is 76.2 Å². The van der Waals surface area contributed by atoms with Gasteiger partial charge in [-0.2, -0.15) is 0 Å². The first-order valence-electron chi connectivity index (χ1n) is 12.0. The molecule has 172 valence electrons. The molecule has 0 aromatic rings. The van der Waals surface area contributed by atoms with E-state index >= 15 is 0 Å². The molecular weight excluding hydrogens is 372 g/mol. The maximum Gasteiger partial charge on any atom is 0.0348 e. The second kappa shape index (κ2) is 16.4. The Morgan fingerprint density at radius 2 is 1.00 bits per heavy atom. The standard InChI is InChI=1S/C25H30.3C2H6/c1-9-13-15-21-19(12-4)24-20(14-10-2)18(11-3)25(21)23(17(7)8)22(24)16(5)6;3*1-2/h9-15,24-25H,2,5,7H2,1,3-4,6,8H3;3*1-2H3/b13-9-,18-11+,19-12+,20-14+,21-15+;;;. The van der Waals surface area contributed by atoms with Gasteiger partial charge in [0.05, 0.1) is 0 Å². The molecular formula is C31H48. The van der Waals surface area contributed by atoms with E-state index < -0.39 is 0 Å². The summed E-state index contributed by atoms with van der Waals surface area (Å²) in [6.45, 7) is 35.1. The van der Waals surface area contributed by atoms with Gasteiger partial charge >= 0.3 is 0 Å². The lowest BCUT2D eigenvalue weighted by atomic mass is 9.55. The molecule has 0 aromatic heterocycles. The van der Waals surface area contributed by atoms with Gasteiger partial charge in [-0.15, -0.1) is 0 Å². The molecule has 0 N–H and O–H groups in total. The van der Waals surface area contributed by atoms with Gasteiger partial charge in [-0.25, -0.2) is 0 Å². The molecule has 1 fully saturated rings. The van der Waals surface area contributed by atoms with E-state index in [-0.39, 0.29) is 11.8 Å². The van der Waals surface area contributed by atoms with Crippen LogP contribution >= 0.6 is 0 Å². The van der Waals surface area contributed by atoms with E-state index in [1.165, 1.54) is 33.4 Å². The van der Waals surface area contributed by atoms with Gasteiger partial charge in [0.1, 0.15) is 0 Å². The zero-order valence-corrected chi connectivity index (χ0v) is 22.3. The second-order valence-electron chi connectivity index (χ2n) is 6.75. The van der Waals surface area contributed by atoms with Crippen LogP contribution in [0.15, 0.2) is 107 Å². The molecule has 0 radical (unpaired) electrons. The highest BCUT2D eigenvalue weighted by molar-refractivity contribution is 5.73. The van der Waals surface area contributed by atoms with Crippen LogP contribution < -0.4 is 0 Å². The maximum absolute atomic E-state index is 4.31. The van der Waals surface area contributed by atoms with E-state index in [1.807, 2.05) is 47.6 Å². The zero-order chi connectivity index (χ0) is 24.7. The number of hydrogen-bond acceptors (Lipinski definition) is 0. The van der Waals surface area contributed by atoms with Gasteiger partial charge in [-0.1, -0.05) is 115 Å². The average molecular weight is 421 g/mol. The van der Waals surface area contributed by atoms with Crippen LogP contribution in [-0.2, 0) is 0 Å². The Hall–Kier alpha value is -2.34. The van der Waals surface area contributed by atoms with Crippen molar-refractivity contribution < 1.29 is 0 Å². The topological polar surface area (TPSA) is 0 Å². The molecule has 0 heteroatoms. The number of hydrogen-bond donors (Lipinski definition) is 0. The van der Waals surface area contributed by atoms with E-state index in [4.69, 9.17) is 0 Å². The molecule has 0 saturated heterocycles. The molecule has 1 saturated carbocycles. The summed E-state index contributed by atoms with van der Waals surface area (Å²) in [5.41, 5.74) is 10.4. The predicted octanol–water partition coefficient (Wildman–Crippen LogP) is 10.3. The molecule has 2 atom stereocenters. The van der Waals surface area contributed by atoms with Crippen LogP contribution in [0.4, 0.5) is 0 Å². The first-order valence-corrected chi connectivity index (χ1v) is 12.0. The molecule has 0 aromatic carbocycles. The first kappa shape index (κ1) is 30.9. The molecule has 2 bridgehead atoms. The Morgan fingerprint density at radius 3 is 1.26 bits per heavy atom. The summed E-state index contributed by atoms with van der Waals surface area (Å²) >= 11 is 0. The van der Waals surface area contributed by atoms with Gasteiger partial charge in [0.2, 0.25) is 0 Å². The highest BCUT2D eigenvalue weighted by atomic mass is 14.5. The van der Waals surface area contributed by atoms with Crippen molar-refractivity contribution in [1.29, 1.82) is 0 Å². The lowest BCUT2D eigenvalue weighted by Crippen LogP contribution is -2.35. The van der Waals surface area contributed by atoms with E-state index in [2.05, 4.69) is 90.8 Å². The summed E-state index contributed by atoms with van der Waals surface area (Å²) in [6, 6.07) is 0. The Bertz CT molecular complexity index is 797. The van der Waals surface area contributed by atoms with Crippen molar-refractivity contribution >= 4 is 0 Å². The van der Waals surface area contributed by atoms with Crippen LogP contribution in [0.3, 0.4) is 0 Å². The highest BCUT2D eigenvalue weighted by Gasteiger charge is 2.46. The van der Waals surface area contributed by atoms with Crippen molar-refractivity contribution in [3.05, 3.63) is 107 Å². The van der Waals surface area contributed by atoms with E-state index in [1.54, 1.807) is 0 Å². The van der Waals surface area contributed by atoms with Gasteiger partial charge < -0.3 is 0 Å². The Balaban J connectivity index is 0. The number of rotatable bonds is 4. The minimum atomic E-state index is 0.208. The third-order valence-corrected chi connectivity index (χ3v) is 5.09. The lowest BCUT2D eigenvalue weighted by molar-refractivity contribution is 0.644. The number of fused-ring (bicyclic) bond motifs is 2. The fourth-order valence-electron chi connectivity index (χ4n) is 4.27. The summed E-state index contributed by atoms with van der Waals surface area (Å²) in [6.07, 6.45) is 15.1. The highest BCUT2D eigenvalue weighted by Crippen LogP contribution is 2.59. The Labute approximate surface area is 194 Å². The molecule has 0 heterocycles. The SMILES string of the molecule is C=C/C=C1\C(=C/C)C2C(C(=C)C)=C(C(=C)C)C1C(=C/C)/C2=C\C=C/C.CC.CC.CC. The maximum atomic E-state index is 4.31. The molecule has 3 aliphatic rings. The van der Waals surface area contributed by atoms with Gasteiger partial charge in [0.15, 0.2) is 0 Å². The largest absolute Gasteiger partial charge is 0.0991 e. The molecule has 0 aliphatic heterocycles. The Morgan fingerprint density at radius 1 is 0.645 bits per heavy atom. The average Bonchev–Trinajstić information content (AvgIpc) is 2.80. The van der Waals surface area contributed by atoms with E-state index in [9.17, 15) is 0 Å². The van der Waals surface area contributed by atoms with Gasteiger partial charge in [-0.3, -0.25) is 0 Å². The summed E-state index contributed by atoms with van der Waals surface area (Å²) in [5.74, 6) is 0.424. The molecule has 3 rings (SSSR count). The van der Waals surface area contributed by atoms with Crippen LogP contribution in [0.2, 0.25) is 0 Å². The summed E-state index contributed by atoms with van der Waals surface area (Å²) in [4.78, 5) is 0. The second-order valence-corrected chi connectivity index (χ2v) is 6.75. The molecule has 0 nitrogen and oxygen atoms in total. The summed E-state index contributed by atoms with van der Waals surface area (Å²) < 4.78 is 0. The van der Waals surface area contributed by atoms with Crippen LogP contribution in [0.25, 0.3) is 0 Å². The smallest absolute Gasteiger partial charge is 0.0348 e. The van der Waals surface area contributed by atoms with Crippen molar-refractivity contribution in [2.75, 3.05) is 0 Å². The first-order chi connectivity index (χ1) is 14.9. The summed E-state index contributed by atoms with van der Waals surface area (Å²) in [5, 5.41) is 0. The van der Waals surface area contributed by atoms with Crippen LogP contribution in [0, 0.1) is 11.8 Å². The van der Waals surface area contributed by atoms with Crippen LogP contribution in [-0.4, -0.2) is 0 Å². The fourth-order valence-corrected chi connectivity index (χ4v) is 4.27. The summed E-state index contributed by atoms with van der Waals surface area (Å²) in [7, 11) is 0. The van der Waals surface area contributed by atoms with Crippen LogP contribution in [0.5, 0.6) is 0 Å². The van der Waals surface area contributed by atoms with Crippen molar-refractivity contribution in [3.8, 4) is 0 Å². The molecule has 31 heavy (non-hydrogen) atoms. The lowest BCUT2D eigenvalue weighted by Gasteiger charge is -2.48. The minimum Gasteiger partial charge on any atom is -0.0991 e. The van der Waals surface area contributed by atoms with Gasteiger partial charge in [0.25, 0.3) is 0 Å². The zero-order valence-electron chi connectivity index (χ0n) is 22.3. The van der Waals surface area contributed by atoms with Crippen molar-refractivity contribution in [1.82, 2.24) is 0 Å². The van der Waals surface area contributed by atoms with Crippen molar-refractivity contribution in [2.45, 2.75) is 76.2 Å². The molecule has 0 amide bonds. The molecule has 0 spiro atoms. The van der Waals surface area contributed by atoms with E-state index in [0.29, 0.717) is 0 Å². The van der Waals surface area contributed by atoms with Crippen molar-refractivity contribution in [2.24, 2.45) is 11.8 Å². The number of allylic oxidation sites excluding steroid dienone is 15. The third kappa shape index (κ3) is 6.57. The van der Waals surface area contributed by atoms with Gasteiger partial charge in [0, 0.05) is 11.8 Å². The monoisotopic (exact) mass is 420 g/mol. The quantitative estimate of drug-likeness (QED) is 0.424. The normalized spacial score (nSPS) is 24.4. The van der Waals surface area contributed by atoms with Crippen molar-refractivity contribution in [3.63, 3.8) is 0 Å². The third-order valence-electron chi connectivity index (χ3n) is 5.09. The van der Waals surface area contributed by atoms with Gasteiger partial charge in [-0.05, 0) is 68.1 Å². The predicted molar refractivity (Wildman–Crippen MR) is 146 cm³/mol. The fraction of sp³-hybridized carbons (Fsp3) is 0.419. The molecule has 2 unspecified atom stereocenters. The van der Waals surface area contributed by atoms with E-state index in [0.717, 1.165) is 11.1 Å². The Kier molecular flexibility index (Phi) is 16.3. The minimum absolute atomic E-state index is 0.208.